The highest BCUT2D eigenvalue weighted by atomic mass is 127. The van der Waals surface area contributed by atoms with Crippen LogP contribution >= 0.6 is 22.6 Å². The number of hydrogen-bond donors (Lipinski definition) is 0. The summed E-state index contributed by atoms with van der Waals surface area (Å²) in [5.74, 6) is 0.715. The largest absolute Gasteiger partial charge is 0.491 e. The number of ether oxygens (including phenoxy) is 1. The van der Waals surface area contributed by atoms with Crippen molar-refractivity contribution in [3.63, 3.8) is 0 Å². The predicted octanol–water partition coefficient (Wildman–Crippen LogP) is 4.80. The lowest BCUT2D eigenvalue weighted by Crippen LogP contribution is -2.35. The SMILES string of the molecule is CC(C)Oc1ccc(S(=O)(=O)N2CCC(c3cn(CC=O)c4cc(I)ccc34)C2C)cc1. The molecule has 2 aromatic carbocycles. The molecule has 170 valence electrons. The van der Waals surface area contributed by atoms with Crippen LogP contribution in [0.4, 0.5) is 0 Å². The van der Waals surface area contributed by atoms with E-state index in [1.165, 1.54) is 0 Å². The van der Waals surface area contributed by atoms with Gasteiger partial charge in [-0.2, -0.15) is 4.31 Å². The molecule has 0 amide bonds. The van der Waals surface area contributed by atoms with E-state index in [0.29, 0.717) is 12.3 Å². The van der Waals surface area contributed by atoms with Crippen LogP contribution in [-0.2, 0) is 21.4 Å². The molecule has 0 spiro atoms. The molecule has 2 unspecified atom stereocenters. The van der Waals surface area contributed by atoms with E-state index in [9.17, 15) is 13.2 Å². The maximum absolute atomic E-state index is 13.4. The molecule has 1 aromatic heterocycles. The van der Waals surface area contributed by atoms with Crippen LogP contribution in [0.3, 0.4) is 0 Å². The van der Waals surface area contributed by atoms with Crippen LogP contribution in [0.25, 0.3) is 10.9 Å². The Morgan fingerprint density at radius 1 is 1.19 bits per heavy atom. The third kappa shape index (κ3) is 4.32. The summed E-state index contributed by atoms with van der Waals surface area (Å²) in [4.78, 5) is 11.5. The Balaban J connectivity index is 1.64. The fraction of sp³-hybridized carbons (Fsp3) is 0.375. The molecule has 1 saturated heterocycles. The highest BCUT2D eigenvalue weighted by Crippen LogP contribution is 2.40. The lowest BCUT2D eigenvalue weighted by molar-refractivity contribution is -0.108. The van der Waals surface area contributed by atoms with Gasteiger partial charge < -0.3 is 14.1 Å². The van der Waals surface area contributed by atoms with Crippen LogP contribution < -0.4 is 4.74 Å². The van der Waals surface area contributed by atoms with Crippen molar-refractivity contribution in [1.82, 2.24) is 8.87 Å². The monoisotopic (exact) mass is 566 g/mol. The maximum Gasteiger partial charge on any atom is 0.243 e. The van der Waals surface area contributed by atoms with Crippen LogP contribution in [-0.4, -0.2) is 42.3 Å². The van der Waals surface area contributed by atoms with E-state index in [4.69, 9.17) is 4.74 Å². The zero-order valence-electron chi connectivity index (χ0n) is 18.4. The first kappa shape index (κ1) is 23.3. The van der Waals surface area contributed by atoms with Crippen LogP contribution in [0.1, 0.15) is 38.7 Å². The number of nitrogens with zero attached hydrogens (tertiary/aromatic N) is 2. The van der Waals surface area contributed by atoms with Gasteiger partial charge >= 0.3 is 0 Å². The number of halogens is 1. The van der Waals surface area contributed by atoms with Gasteiger partial charge in [0.05, 0.1) is 17.5 Å². The molecule has 1 fully saturated rings. The number of hydrogen-bond acceptors (Lipinski definition) is 4. The second-order valence-corrected chi connectivity index (χ2v) is 11.6. The minimum atomic E-state index is -3.62. The van der Waals surface area contributed by atoms with E-state index in [2.05, 4.69) is 34.7 Å². The van der Waals surface area contributed by atoms with Crippen molar-refractivity contribution in [2.24, 2.45) is 0 Å². The lowest BCUT2D eigenvalue weighted by Gasteiger charge is -2.24. The average Bonchev–Trinajstić information content (AvgIpc) is 3.29. The van der Waals surface area contributed by atoms with Crippen molar-refractivity contribution in [2.45, 2.75) is 56.7 Å². The molecule has 8 heteroatoms. The Morgan fingerprint density at radius 2 is 1.91 bits per heavy atom. The third-order valence-electron chi connectivity index (χ3n) is 6.04. The summed E-state index contributed by atoms with van der Waals surface area (Å²) in [6, 6.07) is 12.6. The van der Waals surface area contributed by atoms with E-state index in [1.54, 1.807) is 28.6 Å². The fourth-order valence-corrected chi connectivity index (χ4v) is 6.74. The molecule has 6 nitrogen and oxygen atoms in total. The van der Waals surface area contributed by atoms with Crippen LogP contribution in [0.5, 0.6) is 5.75 Å². The molecule has 0 radical (unpaired) electrons. The molecule has 0 bridgehead atoms. The van der Waals surface area contributed by atoms with Crippen LogP contribution in [0.2, 0.25) is 0 Å². The Kier molecular flexibility index (Phi) is 6.65. The highest BCUT2D eigenvalue weighted by molar-refractivity contribution is 14.1. The van der Waals surface area contributed by atoms with E-state index >= 15 is 0 Å². The van der Waals surface area contributed by atoms with Crippen LogP contribution in [0.15, 0.2) is 53.6 Å². The smallest absolute Gasteiger partial charge is 0.243 e. The van der Waals surface area contributed by atoms with Gasteiger partial charge in [-0.15, -0.1) is 0 Å². The van der Waals surface area contributed by atoms with E-state index in [-0.39, 0.29) is 29.5 Å². The normalized spacial score (nSPS) is 19.7. The first-order valence-electron chi connectivity index (χ1n) is 10.7. The van der Waals surface area contributed by atoms with Gasteiger partial charge in [-0.3, -0.25) is 0 Å². The summed E-state index contributed by atoms with van der Waals surface area (Å²) in [5.41, 5.74) is 2.11. The molecule has 0 N–H and O–H groups in total. The van der Waals surface area contributed by atoms with Gasteiger partial charge in [0.15, 0.2) is 0 Å². The standard InChI is InChI=1S/C24H27IN2O4S/c1-16(2)31-19-5-7-20(8-6-19)32(29,30)27-11-10-21(17(27)3)23-15-26(12-13-28)24-14-18(25)4-9-22(23)24/h4-9,13-17,21H,10-12H2,1-3H3. The topological polar surface area (TPSA) is 68.6 Å². The number of rotatable bonds is 7. The van der Waals surface area contributed by atoms with E-state index in [0.717, 1.165) is 32.7 Å². The molecular weight excluding hydrogens is 539 g/mol. The maximum atomic E-state index is 13.4. The minimum absolute atomic E-state index is 0.0291. The fourth-order valence-electron chi connectivity index (χ4n) is 4.58. The molecular formula is C24H27IN2O4S. The second kappa shape index (κ2) is 9.15. The minimum Gasteiger partial charge on any atom is -0.491 e. The zero-order valence-corrected chi connectivity index (χ0v) is 21.3. The van der Waals surface area contributed by atoms with Crippen molar-refractivity contribution < 1.29 is 17.9 Å². The zero-order chi connectivity index (χ0) is 23.0. The van der Waals surface area contributed by atoms with Crippen LogP contribution in [0, 0.1) is 3.57 Å². The molecule has 1 aliphatic heterocycles. The Bertz CT molecular complexity index is 1230. The highest BCUT2D eigenvalue weighted by Gasteiger charge is 2.40. The molecule has 0 aliphatic carbocycles. The van der Waals surface area contributed by atoms with Crippen molar-refractivity contribution >= 4 is 49.8 Å². The van der Waals surface area contributed by atoms with Crippen molar-refractivity contribution in [3.05, 3.63) is 57.8 Å². The summed E-state index contributed by atoms with van der Waals surface area (Å²) in [6.07, 6.45) is 3.68. The third-order valence-corrected chi connectivity index (χ3v) is 8.72. The first-order chi connectivity index (χ1) is 15.2. The van der Waals surface area contributed by atoms with Gasteiger partial charge in [-0.1, -0.05) is 6.07 Å². The van der Waals surface area contributed by atoms with Gasteiger partial charge in [-0.05, 0) is 91.7 Å². The number of sulfonamides is 1. The van der Waals surface area contributed by atoms with Gasteiger partial charge in [0.25, 0.3) is 0 Å². The van der Waals surface area contributed by atoms with Gasteiger partial charge in [0, 0.05) is 39.2 Å². The molecule has 4 rings (SSSR count). The van der Waals surface area contributed by atoms with Gasteiger partial charge in [0.1, 0.15) is 12.0 Å². The van der Waals surface area contributed by atoms with Gasteiger partial charge in [-0.25, -0.2) is 8.42 Å². The van der Waals surface area contributed by atoms with Crippen molar-refractivity contribution in [1.29, 1.82) is 0 Å². The summed E-state index contributed by atoms with van der Waals surface area (Å²) in [6.45, 7) is 6.59. The molecule has 2 heterocycles. The summed E-state index contributed by atoms with van der Waals surface area (Å²) < 4.78 is 37.1. The molecule has 2 atom stereocenters. The summed E-state index contributed by atoms with van der Waals surface area (Å²) in [5, 5.41) is 1.08. The number of aldehydes is 1. The van der Waals surface area contributed by atoms with Gasteiger partial charge in [0.2, 0.25) is 10.0 Å². The molecule has 1 aliphatic rings. The average molecular weight is 566 g/mol. The second-order valence-electron chi connectivity index (χ2n) is 8.45. The summed E-state index contributed by atoms with van der Waals surface area (Å²) in [7, 11) is -3.62. The number of carbonyl (C=O) groups excluding carboxylic acids is 1. The number of aromatic nitrogens is 1. The van der Waals surface area contributed by atoms with E-state index in [1.807, 2.05) is 37.6 Å². The number of fused-ring (bicyclic) bond motifs is 1. The van der Waals surface area contributed by atoms with Crippen molar-refractivity contribution in [3.8, 4) is 5.75 Å². The Morgan fingerprint density at radius 3 is 2.56 bits per heavy atom. The molecule has 3 aromatic rings. The quantitative estimate of drug-likeness (QED) is 0.305. The number of benzene rings is 2. The Labute approximate surface area is 202 Å². The predicted molar refractivity (Wildman–Crippen MR) is 134 cm³/mol. The van der Waals surface area contributed by atoms with Crippen molar-refractivity contribution in [2.75, 3.05) is 6.54 Å². The molecule has 32 heavy (non-hydrogen) atoms. The molecule has 0 saturated carbocycles. The number of carbonyl (C=O) groups is 1. The summed E-state index contributed by atoms with van der Waals surface area (Å²) >= 11 is 2.27. The Hall–Kier alpha value is -1.91. The van der Waals surface area contributed by atoms with E-state index < -0.39 is 10.0 Å². The lowest BCUT2D eigenvalue weighted by atomic mass is 9.92. The first-order valence-corrected chi connectivity index (χ1v) is 13.2.